The lowest BCUT2D eigenvalue weighted by molar-refractivity contribution is 0.249. The van der Waals surface area contributed by atoms with E-state index in [9.17, 15) is 8.78 Å². The fraction of sp³-hybridized carbons (Fsp3) is 0.333. The molecule has 2 aromatic carbocycles. The van der Waals surface area contributed by atoms with Crippen LogP contribution in [0.25, 0.3) is 10.9 Å². The molecule has 1 N–H and O–H groups in total. The number of rotatable bonds is 5. The predicted octanol–water partition coefficient (Wildman–Crippen LogP) is 4.83. The normalized spacial score (nSPS) is 14.8. The average molecular weight is 340 g/mol. The smallest absolute Gasteiger partial charge is 0.123 e. The average Bonchev–Trinajstić information content (AvgIpc) is 2.97. The van der Waals surface area contributed by atoms with Crippen molar-refractivity contribution in [1.82, 2.24) is 9.88 Å². The van der Waals surface area contributed by atoms with E-state index in [0.717, 1.165) is 56.2 Å². The quantitative estimate of drug-likeness (QED) is 0.659. The van der Waals surface area contributed by atoms with E-state index in [1.165, 1.54) is 35.0 Å². The van der Waals surface area contributed by atoms with Crippen molar-refractivity contribution in [3.05, 3.63) is 70.9 Å². The van der Waals surface area contributed by atoms with Gasteiger partial charge in [-0.15, -0.1) is 0 Å². The van der Waals surface area contributed by atoms with E-state index in [0.29, 0.717) is 0 Å². The van der Waals surface area contributed by atoms with Crippen molar-refractivity contribution < 1.29 is 8.78 Å². The summed E-state index contributed by atoms with van der Waals surface area (Å²) in [5.41, 5.74) is 4.72. The lowest BCUT2D eigenvalue weighted by atomic mass is 10.0. The van der Waals surface area contributed by atoms with Crippen LogP contribution in [0.4, 0.5) is 8.78 Å². The van der Waals surface area contributed by atoms with Crippen LogP contribution >= 0.6 is 0 Å². The highest BCUT2D eigenvalue weighted by Crippen LogP contribution is 2.28. The molecule has 0 spiro atoms. The van der Waals surface area contributed by atoms with Crippen LogP contribution < -0.4 is 0 Å². The Morgan fingerprint density at radius 3 is 2.60 bits per heavy atom. The Bertz CT molecular complexity index is 867. The zero-order valence-electron chi connectivity index (χ0n) is 14.2. The van der Waals surface area contributed by atoms with Crippen molar-refractivity contribution in [3.8, 4) is 0 Å². The summed E-state index contributed by atoms with van der Waals surface area (Å²) in [7, 11) is 0. The number of nitrogens with one attached hydrogen (secondary N) is 1. The van der Waals surface area contributed by atoms with Crippen LogP contribution in [0.3, 0.4) is 0 Å². The molecular weight excluding hydrogens is 318 g/mol. The summed E-state index contributed by atoms with van der Waals surface area (Å²) in [6.45, 7) is 2.97. The summed E-state index contributed by atoms with van der Waals surface area (Å²) < 4.78 is 26.5. The van der Waals surface area contributed by atoms with Gasteiger partial charge in [0.05, 0.1) is 0 Å². The minimum atomic E-state index is -0.178. The van der Waals surface area contributed by atoms with E-state index < -0.39 is 0 Å². The van der Waals surface area contributed by atoms with Crippen molar-refractivity contribution >= 4 is 10.9 Å². The second kappa shape index (κ2) is 6.96. The molecule has 1 aromatic heterocycles. The SMILES string of the molecule is Fc1ccc(CCCCN2CCc3[nH]c4ccc(F)cc4c3C2)cc1. The minimum Gasteiger partial charge on any atom is -0.358 e. The van der Waals surface area contributed by atoms with Crippen molar-refractivity contribution in [3.63, 3.8) is 0 Å². The molecule has 0 unspecified atom stereocenters. The first kappa shape index (κ1) is 16.3. The van der Waals surface area contributed by atoms with Gasteiger partial charge in [0.25, 0.3) is 0 Å². The number of fused-ring (bicyclic) bond motifs is 3. The molecule has 0 radical (unpaired) electrons. The summed E-state index contributed by atoms with van der Waals surface area (Å²) >= 11 is 0. The van der Waals surface area contributed by atoms with Gasteiger partial charge in [-0.05, 0) is 67.3 Å². The van der Waals surface area contributed by atoms with E-state index in [-0.39, 0.29) is 11.6 Å². The monoisotopic (exact) mass is 340 g/mol. The molecule has 2 heterocycles. The summed E-state index contributed by atoms with van der Waals surface area (Å²) in [5, 5.41) is 1.02. The van der Waals surface area contributed by atoms with Gasteiger partial charge in [0.15, 0.2) is 0 Å². The third-order valence-corrected chi connectivity index (χ3v) is 5.12. The molecule has 1 aliphatic heterocycles. The molecule has 2 nitrogen and oxygen atoms in total. The molecule has 0 atom stereocenters. The van der Waals surface area contributed by atoms with Crippen molar-refractivity contribution in [2.24, 2.45) is 0 Å². The van der Waals surface area contributed by atoms with Crippen molar-refractivity contribution in [2.75, 3.05) is 13.1 Å². The summed E-state index contributed by atoms with van der Waals surface area (Å²) in [6.07, 6.45) is 4.18. The van der Waals surface area contributed by atoms with Crippen LogP contribution in [0.5, 0.6) is 0 Å². The molecule has 3 aromatic rings. The minimum absolute atomic E-state index is 0.175. The number of nitrogens with zero attached hydrogens (tertiary/aromatic N) is 1. The number of unbranched alkanes of at least 4 members (excludes halogenated alkanes) is 1. The van der Waals surface area contributed by atoms with E-state index >= 15 is 0 Å². The zero-order valence-corrected chi connectivity index (χ0v) is 14.2. The molecule has 0 bridgehead atoms. The van der Waals surface area contributed by atoms with Crippen molar-refractivity contribution in [1.29, 1.82) is 0 Å². The maximum absolute atomic E-state index is 13.6. The highest BCUT2D eigenvalue weighted by molar-refractivity contribution is 5.84. The number of aromatic amines is 1. The summed E-state index contributed by atoms with van der Waals surface area (Å²) in [5.74, 6) is -0.353. The van der Waals surface area contributed by atoms with Gasteiger partial charge in [-0.1, -0.05) is 12.1 Å². The molecule has 0 fully saturated rings. The molecule has 0 saturated carbocycles. The number of hydrogen-bond acceptors (Lipinski definition) is 1. The lowest BCUT2D eigenvalue weighted by Gasteiger charge is -2.27. The fourth-order valence-electron chi connectivity index (χ4n) is 3.75. The second-order valence-corrected chi connectivity index (χ2v) is 6.88. The summed E-state index contributed by atoms with van der Waals surface area (Å²) in [4.78, 5) is 5.88. The van der Waals surface area contributed by atoms with Crippen LogP contribution in [0.15, 0.2) is 42.5 Å². The topological polar surface area (TPSA) is 19.0 Å². The first-order valence-electron chi connectivity index (χ1n) is 8.95. The highest BCUT2D eigenvalue weighted by atomic mass is 19.1. The number of halogens is 2. The number of benzene rings is 2. The molecule has 4 heteroatoms. The van der Waals surface area contributed by atoms with Gasteiger partial charge in [-0.3, -0.25) is 4.90 Å². The van der Waals surface area contributed by atoms with Gasteiger partial charge in [-0.25, -0.2) is 8.78 Å². The van der Waals surface area contributed by atoms with Gasteiger partial charge in [0.2, 0.25) is 0 Å². The third-order valence-electron chi connectivity index (χ3n) is 5.12. The molecule has 1 aliphatic rings. The number of hydrogen-bond donors (Lipinski definition) is 1. The van der Waals surface area contributed by atoms with Gasteiger partial charge < -0.3 is 4.98 Å². The van der Waals surface area contributed by atoms with Crippen LogP contribution in [-0.2, 0) is 19.4 Å². The van der Waals surface area contributed by atoms with Gasteiger partial charge >= 0.3 is 0 Å². The first-order valence-corrected chi connectivity index (χ1v) is 8.95. The number of H-pyrrole nitrogens is 1. The van der Waals surface area contributed by atoms with Crippen LogP contribution in [0.2, 0.25) is 0 Å². The maximum atomic E-state index is 13.6. The Morgan fingerprint density at radius 1 is 0.960 bits per heavy atom. The van der Waals surface area contributed by atoms with E-state index in [2.05, 4.69) is 9.88 Å². The van der Waals surface area contributed by atoms with Crippen molar-refractivity contribution in [2.45, 2.75) is 32.2 Å². The number of aromatic nitrogens is 1. The van der Waals surface area contributed by atoms with Crippen LogP contribution in [0.1, 0.15) is 29.7 Å². The second-order valence-electron chi connectivity index (χ2n) is 6.88. The van der Waals surface area contributed by atoms with E-state index in [1.807, 2.05) is 18.2 Å². The van der Waals surface area contributed by atoms with Gasteiger partial charge in [-0.2, -0.15) is 0 Å². The Morgan fingerprint density at radius 2 is 1.76 bits per heavy atom. The molecular formula is C21H22F2N2. The predicted molar refractivity (Wildman–Crippen MR) is 96.6 cm³/mol. The largest absolute Gasteiger partial charge is 0.358 e. The molecule has 0 saturated heterocycles. The Labute approximate surface area is 146 Å². The fourth-order valence-corrected chi connectivity index (χ4v) is 3.75. The van der Waals surface area contributed by atoms with Gasteiger partial charge in [0.1, 0.15) is 11.6 Å². The van der Waals surface area contributed by atoms with Gasteiger partial charge in [0, 0.05) is 36.1 Å². The maximum Gasteiger partial charge on any atom is 0.123 e. The van der Waals surface area contributed by atoms with E-state index in [4.69, 9.17) is 0 Å². The highest BCUT2D eigenvalue weighted by Gasteiger charge is 2.20. The lowest BCUT2D eigenvalue weighted by Crippen LogP contribution is -2.31. The Balaban J connectivity index is 1.34. The molecule has 4 rings (SSSR count). The molecule has 0 amide bonds. The Kier molecular flexibility index (Phi) is 4.53. The number of aryl methyl sites for hydroxylation is 1. The third kappa shape index (κ3) is 3.59. The molecule has 25 heavy (non-hydrogen) atoms. The zero-order chi connectivity index (χ0) is 17.2. The van der Waals surface area contributed by atoms with Crippen LogP contribution in [0, 0.1) is 11.6 Å². The standard InChI is InChI=1S/C21H22F2N2/c22-16-6-4-15(5-7-16)3-1-2-11-25-12-10-21-19(14-25)18-13-17(23)8-9-20(18)24-21/h4-9,13,24H,1-3,10-12,14H2. The Hall–Kier alpha value is -2.20. The first-order chi connectivity index (χ1) is 12.2. The van der Waals surface area contributed by atoms with Crippen LogP contribution in [-0.4, -0.2) is 23.0 Å². The molecule has 0 aliphatic carbocycles. The molecule has 130 valence electrons. The van der Waals surface area contributed by atoms with E-state index in [1.54, 1.807) is 6.07 Å². The summed E-state index contributed by atoms with van der Waals surface area (Å²) in [6, 6.07) is 11.8.